The third-order valence-electron chi connectivity index (χ3n) is 4.38. The largest absolute Gasteiger partial charge is 0.397 e. The molecule has 3 rings (SSSR count). The Balaban J connectivity index is 1.88. The van der Waals surface area contributed by atoms with E-state index in [1.165, 1.54) is 0 Å². The third-order valence-corrected chi connectivity index (χ3v) is 4.38. The fourth-order valence-corrected chi connectivity index (χ4v) is 3.04. The predicted molar refractivity (Wildman–Crippen MR) is 86.9 cm³/mol. The number of halogens is 3. The quantitative estimate of drug-likeness (QED) is 0.808. The van der Waals surface area contributed by atoms with E-state index < -0.39 is 25.0 Å². The third kappa shape index (κ3) is 3.40. The van der Waals surface area contributed by atoms with Crippen molar-refractivity contribution in [1.29, 1.82) is 0 Å². The number of aryl methyl sites for hydroxylation is 1. The Morgan fingerprint density at radius 1 is 1.28 bits per heavy atom. The minimum Gasteiger partial charge on any atom is -0.397 e. The van der Waals surface area contributed by atoms with Gasteiger partial charge in [0.15, 0.2) is 5.65 Å². The lowest BCUT2D eigenvalue weighted by Crippen LogP contribution is -2.28. The van der Waals surface area contributed by atoms with Gasteiger partial charge in [0.1, 0.15) is 0 Å². The first-order valence-electron chi connectivity index (χ1n) is 8.31. The van der Waals surface area contributed by atoms with Crippen molar-refractivity contribution in [3.63, 3.8) is 0 Å². The minimum absolute atomic E-state index is 0.0462. The first-order chi connectivity index (χ1) is 11.8. The maximum atomic E-state index is 12.4. The molecule has 0 bridgehead atoms. The van der Waals surface area contributed by atoms with Gasteiger partial charge in [0, 0.05) is 13.1 Å². The number of pyridine rings is 1. The van der Waals surface area contributed by atoms with Crippen LogP contribution in [-0.2, 0) is 13.1 Å². The number of nitrogen functional groups attached to an aromatic ring is 1. The van der Waals surface area contributed by atoms with Crippen LogP contribution in [0, 0.1) is 0 Å². The standard InChI is InChI=1S/C16H20F3N5O/c1-2-3-4-6-24-14-10(8-21-24)13(20)12-11(22-14)9-23(15(12)25)7-5-16(17,18)19/h8H,2-7,9H2,1H3,(H2,20,22). The van der Waals surface area contributed by atoms with E-state index >= 15 is 0 Å². The van der Waals surface area contributed by atoms with Crippen molar-refractivity contribution < 1.29 is 18.0 Å². The van der Waals surface area contributed by atoms with Crippen molar-refractivity contribution in [1.82, 2.24) is 19.7 Å². The minimum atomic E-state index is -4.31. The summed E-state index contributed by atoms with van der Waals surface area (Å²) in [5, 5.41) is 4.85. The van der Waals surface area contributed by atoms with E-state index in [2.05, 4.69) is 17.0 Å². The van der Waals surface area contributed by atoms with Gasteiger partial charge in [0.25, 0.3) is 5.91 Å². The fourth-order valence-electron chi connectivity index (χ4n) is 3.04. The Bertz CT molecular complexity index is 799. The van der Waals surface area contributed by atoms with E-state index in [0.29, 0.717) is 23.3 Å². The van der Waals surface area contributed by atoms with Gasteiger partial charge < -0.3 is 10.6 Å². The van der Waals surface area contributed by atoms with Crippen LogP contribution < -0.4 is 5.73 Å². The van der Waals surface area contributed by atoms with Gasteiger partial charge in [0.2, 0.25) is 0 Å². The summed E-state index contributed by atoms with van der Waals surface area (Å²) < 4.78 is 39.0. The Morgan fingerprint density at radius 2 is 2.04 bits per heavy atom. The molecule has 6 nitrogen and oxygen atoms in total. The van der Waals surface area contributed by atoms with E-state index in [-0.39, 0.29) is 17.8 Å². The average molecular weight is 355 g/mol. The number of fused-ring (bicyclic) bond motifs is 2. The number of anilines is 1. The zero-order valence-electron chi connectivity index (χ0n) is 13.9. The molecule has 2 aromatic rings. The van der Waals surface area contributed by atoms with Gasteiger partial charge in [-0.1, -0.05) is 19.8 Å². The van der Waals surface area contributed by atoms with Crippen LogP contribution in [0.2, 0.25) is 0 Å². The van der Waals surface area contributed by atoms with Crippen molar-refractivity contribution in [2.24, 2.45) is 0 Å². The Morgan fingerprint density at radius 3 is 2.72 bits per heavy atom. The van der Waals surface area contributed by atoms with E-state index in [1.54, 1.807) is 10.9 Å². The highest BCUT2D eigenvalue weighted by atomic mass is 19.4. The summed E-state index contributed by atoms with van der Waals surface area (Å²) >= 11 is 0. The molecule has 0 saturated heterocycles. The van der Waals surface area contributed by atoms with Crippen LogP contribution in [0.5, 0.6) is 0 Å². The van der Waals surface area contributed by atoms with E-state index in [9.17, 15) is 18.0 Å². The van der Waals surface area contributed by atoms with Crippen molar-refractivity contribution in [2.45, 2.75) is 51.9 Å². The predicted octanol–water partition coefficient (Wildman–Crippen LogP) is 3.11. The molecule has 0 radical (unpaired) electrons. The number of hydrogen-bond donors (Lipinski definition) is 1. The Labute approximate surface area is 142 Å². The maximum absolute atomic E-state index is 12.4. The van der Waals surface area contributed by atoms with E-state index in [1.807, 2.05) is 0 Å². The number of unbranched alkanes of at least 4 members (excludes halogenated alkanes) is 2. The van der Waals surface area contributed by atoms with E-state index in [4.69, 9.17) is 5.73 Å². The highest BCUT2D eigenvalue weighted by Crippen LogP contribution is 2.33. The van der Waals surface area contributed by atoms with Crippen LogP contribution >= 0.6 is 0 Å². The lowest BCUT2D eigenvalue weighted by molar-refractivity contribution is -0.136. The van der Waals surface area contributed by atoms with Crippen LogP contribution in [-0.4, -0.2) is 38.3 Å². The molecule has 136 valence electrons. The summed E-state index contributed by atoms with van der Waals surface area (Å²) in [5.74, 6) is -0.495. The first kappa shape index (κ1) is 17.5. The monoisotopic (exact) mass is 355 g/mol. The molecule has 0 aromatic carbocycles. The van der Waals surface area contributed by atoms with Crippen molar-refractivity contribution in [2.75, 3.05) is 12.3 Å². The number of amides is 1. The SMILES string of the molecule is CCCCCn1ncc2c(N)c3c(nc21)CN(CCC(F)(F)F)C3=O. The average Bonchev–Trinajstić information content (AvgIpc) is 3.07. The van der Waals surface area contributed by atoms with Crippen molar-refractivity contribution in [3.05, 3.63) is 17.5 Å². The zero-order chi connectivity index (χ0) is 18.2. The molecule has 25 heavy (non-hydrogen) atoms. The molecule has 3 heterocycles. The summed E-state index contributed by atoms with van der Waals surface area (Å²) in [6, 6.07) is 0. The van der Waals surface area contributed by atoms with E-state index in [0.717, 1.165) is 24.2 Å². The van der Waals surface area contributed by atoms with Crippen LogP contribution in [0.1, 0.15) is 48.7 Å². The maximum Gasteiger partial charge on any atom is 0.390 e. The molecule has 0 saturated carbocycles. The van der Waals surface area contributed by atoms with Gasteiger partial charge in [-0.25, -0.2) is 9.67 Å². The number of nitrogens with zero attached hydrogens (tertiary/aromatic N) is 4. The number of rotatable bonds is 6. The number of alkyl halides is 3. The van der Waals surface area contributed by atoms with Crippen LogP contribution in [0.4, 0.5) is 18.9 Å². The summed E-state index contributed by atoms with van der Waals surface area (Å²) in [6.07, 6.45) is -0.702. The molecule has 0 unspecified atom stereocenters. The summed E-state index contributed by atoms with van der Waals surface area (Å²) in [6.45, 7) is 2.45. The Hall–Kier alpha value is -2.32. The highest BCUT2D eigenvalue weighted by molar-refractivity contribution is 6.08. The van der Waals surface area contributed by atoms with Gasteiger partial charge in [0.05, 0.1) is 41.5 Å². The van der Waals surface area contributed by atoms with Crippen molar-refractivity contribution in [3.8, 4) is 0 Å². The first-order valence-corrected chi connectivity index (χ1v) is 8.31. The second-order valence-corrected chi connectivity index (χ2v) is 6.25. The second kappa shape index (κ2) is 6.53. The number of carbonyl (C=O) groups excluding carboxylic acids is 1. The van der Waals surface area contributed by atoms with Gasteiger partial charge in [-0.2, -0.15) is 18.3 Å². The number of aromatic nitrogens is 3. The highest BCUT2D eigenvalue weighted by Gasteiger charge is 2.35. The number of carbonyl (C=O) groups is 1. The smallest absolute Gasteiger partial charge is 0.390 e. The molecule has 0 atom stereocenters. The molecule has 1 aliphatic rings. The van der Waals surface area contributed by atoms with Crippen molar-refractivity contribution >= 4 is 22.6 Å². The van der Waals surface area contributed by atoms with Gasteiger partial charge >= 0.3 is 6.18 Å². The molecule has 1 aliphatic heterocycles. The lowest BCUT2D eigenvalue weighted by atomic mass is 10.1. The van der Waals surface area contributed by atoms with Gasteiger partial charge in [-0.05, 0) is 6.42 Å². The molecule has 0 spiro atoms. The fraction of sp³-hybridized carbons (Fsp3) is 0.562. The molecule has 1 amide bonds. The molecular formula is C16H20F3N5O. The Kier molecular flexibility index (Phi) is 4.57. The summed E-state index contributed by atoms with van der Waals surface area (Å²) in [5.41, 5.74) is 7.58. The second-order valence-electron chi connectivity index (χ2n) is 6.25. The van der Waals surface area contributed by atoms with Crippen LogP contribution in [0.25, 0.3) is 11.0 Å². The molecule has 0 aliphatic carbocycles. The molecule has 0 fully saturated rings. The van der Waals surface area contributed by atoms with Gasteiger partial charge in [-0.3, -0.25) is 4.79 Å². The molecule has 2 aromatic heterocycles. The molecule has 2 N–H and O–H groups in total. The number of hydrogen-bond acceptors (Lipinski definition) is 4. The summed E-state index contributed by atoms with van der Waals surface area (Å²) in [4.78, 5) is 18.0. The molecular weight excluding hydrogens is 335 g/mol. The zero-order valence-corrected chi connectivity index (χ0v) is 13.9. The van der Waals surface area contributed by atoms with Crippen LogP contribution in [0.3, 0.4) is 0 Å². The lowest BCUT2D eigenvalue weighted by Gasteiger charge is -2.16. The molecule has 9 heteroatoms. The van der Waals surface area contributed by atoms with Gasteiger partial charge in [-0.15, -0.1) is 0 Å². The number of nitrogens with two attached hydrogens (primary N) is 1. The topological polar surface area (TPSA) is 77.0 Å². The summed E-state index contributed by atoms with van der Waals surface area (Å²) in [7, 11) is 0. The normalized spacial score (nSPS) is 14.6. The van der Waals surface area contributed by atoms with Crippen LogP contribution in [0.15, 0.2) is 6.20 Å².